The summed E-state index contributed by atoms with van der Waals surface area (Å²) in [6, 6.07) is 19.3. The topological polar surface area (TPSA) is 86.1 Å². The highest BCUT2D eigenvalue weighted by Gasteiger charge is 2.23. The fraction of sp³-hybridized carbons (Fsp3) is 0.167. The van der Waals surface area contributed by atoms with E-state index in [2.05, 4.69) is 15.5 Å². The average Bonchev–Trinajstić information content (AvgIpc) is 3.42. The number of hydrogen-bond donors (Lipinski definition) is 1. The normalized spacial score (nSPS) is 10.7. The number of ether oxygens (including phenoxy) is 1. The van der Waals surface area contributed by atoms with E-state index >= 15 is 0 Å². The van der Waals surface area contributed by atoms with E-state index in [1.165, 1.54) is 23.1 Å². The quantitative estimate of drug-likeness (QED) is 0.279. The summed E-state index contributed by atoms with van der Waals surface area (Å²) in [6.45, 7) is 2.01. The molecule has 2 aromatic carbocycles. The molecule has 1 amide bonds. The van der Waals surface area contributed by atoms with E-state index in [0.717, 1.165) is 22.5 Å². The van der Waals surface area contributed by atoms with Crippen LogP contribution in [-0.2, 0) is 16.6 Å². The Labute approximate surface area is 199 Å². The molecule has 33 heavy (non-hydrogen) atoms. The first-order valence-corrected chi connectivity index (χ1v) is 12.2. The largest absolute Gasteiger partial charge is 0.462 e. The van der Waals surface area contributed by atoms with Crippen molar-refractivity contribution in [1.29, 1.82) is 0 Å². The van der Waals surface area contributed by atoms with E-state index in [0.29, 0.717) is 15.7 Å². The van der Waals surface area contributed by atoms with Crippen molar-refractivity contribution in [2.24, 2.45) is 7.05 Å². The number of amides is 1. The maximum absolute atomic E-state index is 12.7. The highest BCUT2D eigenvalue weighted by molar-refractivity contribution is 7.99. The van der Waals surface area contributed by atoms with Gasteiger partial charge < -0.3 is 14.6 Å². The van der Waals surface area contributed by atoms with Crippen molar-refractivity contribution in [3.63, 3.8) is 0 Å². The molecule has 0 aliphatic rings. The summed E-state index contributed by atoms with van der Waals surface area (Å²) in [5.41, 5.74) is 2.95. The number of carbonyl (C=O) groups excluding carboxylic acids is 2. The Balaban J connectivity index is 1.49. The second-order valence-corrected chi connectivity index (χ2v) is 8.83. The van der Waals surface area contributed by atoms with Crippen LogP contribution in [0.3, 0.4) is 0 Å². The van der Waals surface area contributed by atoms with E-state index in [1.807, 2.05) is 77.7 Å². The number of thiophene rings is 1. The first-order valence-electron chi connectivity index (χ1n) is 10.3. The lowest BCUT2D eigenvalue weighted by atomic mass is 10.0. The summed E-state index contributed by atoms with van der Waals surface area (Å²) in [5, 5.41) is 14.3. The van der Waals surface area contributed by atoms with Gasteiger partial charge in [0.1, 0.15) is 10.6 Å². The van der Waals surface area contributed by atoms with Crippen molar-refractivity contribution in [2.75, 3.05) is 17.7 Å². The number of nitrogens with zero attached hydrogens (tertiary/aromatic N) is 3. The minimum absolute atomic E-state index is 0.127. The third-order valence-corrected chi connectivity index (χ3v) is 6.72. The van der Waals surface area contributed by atoms with Crippen molar-refractivity contribution in [3.05, 3.63) is 71.6 Å². The van der Waals surface area contributed by atoms with E-state index in [9.17, 15) is 9.59 Å². The number of esters is 1. The molecule has 1 N–H and O–H groups in total. The predicted octanol–water partition coefficient (Wildman–Crippen LogP) is 5.12. The van der Waals surface area contributed by atoms with Crippen LogP contribution in [0, 0.1) is 0 Å². The van der Waals surface area contributed by atoms with Crippen molar-refractivity contribution < 1.29 is 14.3 Å². The molecule has 168 valence electrons. The minimum Gasteiger partial charge on any atom is -0.462 e. The van der Waals surface area contributed by atoms with Crippen molar-refractivity contribution in [1.82, 2.24) is 14.8 Å². The maximum atomic E-state index is 12.7. The summed E-state index contributed by atoms with van der Waals surface area (Å²) in [7, 11) is 1.87. The van der Waals surface area contributed by atoms with Crippen LogP contribution in [0.1, 0.15) is 17.3 Å². The maximum Gasteiger partial charge on any atom is 0.341 e. The highest BCUT2D eigenvalue weighted by atomic mass is 32.2. The Bertz CT molecular complexity index is 1250. The molecule has 7 nitrogen and oxygen atoms in total. The number of nitrogens with one attached hydrogen (secondary N) is 1. The van der Waals surface area contributed by atoms with Gasteiger partial charge in [-0.2, -0.15) is 0 Å². The van der Waals surface area contributed by atoms with Crippen LogP contribution in [0.4, 0.5) is 5.00 Å². The molecule has 4 rings (SSSR count). The van der Waals surface area contributed by atoms with Gasteiger partial charge in [-0.05, 0) is 12.5 Å². The van der Waals surface area contributed by atoms with Crippen molar-refractivity contribution in [3.8, 4) is 22.5 Å². The van der Waals surface area contributed by atoms with Crippen LogP contribution >= 0.6 is 23.1 Å². The summed E-state index contributed by atoms with van der Waals surface area (Å²) in [4.78, 5) is 25.4. The SMILES string of the molecule is CCOC(=O)c1c(-c2ccccc2)csc1NC(=O)CSc1nnc(-c2ccccc2)n1C. The molecule has 0 unspecified atom stereocenters. The van der Waals surface area contributed by atoms with Gasteiger partial charge in [-0.3, -0.25) is 4.79 Å². The van der Waals surface area contributed by atoms with Gasteiger partial charge >= 0.3 is 5.97 Å². The summed E-state index contributed by atoms with van der Waals surface area (Å²) in [6.07, 6.45) is 0. The molecule has 0 aliphatic carbocycles. The van der Waals surface area contributed by atoms with Crippen LogP contribution in [0.25, 0.3) is 22.5 Å². The smallest absolute Gasteiger partial charge is 0.341 e. The van der Waals surface area contributed by atoms with Gasteiger partial charge in [0.15, 0.2) is 11.0 Å². The summed E-state index contributed by atoms with van der Waals surface area (Å²) >= 11 is 2.59. The lowest BCUT2D eigenvalue weighted by Gasteiger charge is -2.09. The molecular formula is C24H22N4O3S2. The number of aromatic nitrogens is 3. The van der Waals surface area contributed by atoms with Crippen LogP contribution in [0.15, 0.2) is 71.2 Å². The zero-order chi connectivity index (χ0) is 23.2. The van der Waals surface area contributed by atoms with E-state index < -0.39 is 5.97 Å². The Morgan fingerprint density at radius 2 is 1.70 bits per heavy atom. The number of rotatable bonds is 8. The Hall–Kier alpha value is -3.43. The molecule has 0 aliphatic heterocycles. The molecular weight excluding hydrogens is 456 g/mol. The minimum atomic E-state index is -0.457. The molecule has 0 bridgehead atoms. The number of benzene rings is 2. The van der Waals surface area contributed by atoms with E-state index in [4.69, 9.17) is 4.74 Å². The Morgan fingerprint density at radius 1 is 1.03 bits per heavy atom. The van der Waals surface area contributed by atoms with Crippen LogP contribution < -0.4 is 5.32 Å². The van der Waals surface area contributed by atoms with E-state index in [-0.39, 0.29) is 18.3 Å². The van der Waals surface area contributed by atoms with Crippen LogP contribution in [0.5, 0.6) is 0 Å². The summed E-state index contributed by atoms with van der Waals surface area (Å²) < 4.78 is 7.11. The van der Waals surface area contributed by atoms with Crippen molar-refractivity contribution >= 4 is 40.0 Å². The van der Waals surface area contributed by atoms with Gasteiger partial charge in [0, 0.05) is 23.6 Å². The number of hydrogen-bond acceptors (Lipinski definition) is 7. The predicted molar refractivity (Wildman–Crippen MR) is 132 cm³/mol. The molecule has 0 atom stereocenters. The molecule has 9 heteroatoms. The lowest BCUT2D eigenvalue weighted by molar-refractivity contribution is -0.113. The molecule has 4 aromatic rings. The monoisotopic (exact) mass is 478 g/mol. The molecule has 0 fully saturated rings. The molecule has 0 radical (unpaired) electrons. The fourth-order valence-electron chi connectivity index (χ4n) is 3.26. The fourth-order valence-corrected chi connectivity index (χ4v) is 4.94. The number of anilines is 1. The second-order valence-electron chi connectivity index (χ2n) is 7.01. The van der Waals surface area contributed by atoms with Crippen LogP contribution in [0.2, 0.25) is 0 Å². The Kier molecular flexibility index (Phi) is 7.21. The van der Waals surface area contributed by atoms with Crippen LogP contribution in [-0.4, -0.2) is 39.0 Å². The van der Waals surface area contributed by atoms with Crippen molar-refractivity contribution in [2.45, 2.75) is 12.1 Å². The van der Waals surface area contributed by atoms with Gasteiger partial charge in [-0.25, -0.2) is 4.79 Å². The molecule has 0 saturated heterocycles. The first-order chi connectivity index (χ1) is 16.1. The average molecular weight is 479 g/mol. The molecule has 2 aromatic heterocycles. The van der Waals surface area contributed by atoms with E-state index in [1.54, 1.807) is 6.92 Å². The zero-order valence-corrected chi connectivity index (χ0v) is 19.8. The molecule has 0 spiro atoms. The van der Waals surface area contributed by atoms with Gasteiger partial charge in [0.25, 0.3) is 0 Å². The first kappa shape index (κ1) is 22.8. The summed E-state index contributed by atoms with van der Waals surface area (Å²) in [5.74, 6) is 0.160. The Morgan fingerprint density at radius 3 is 2.36 bits per heavy atom. The third kappa shape index (κ3) is 5.15. The zero-order valence-electron chi connectivity index (χ0n) is 18.1. The standard InChI is InChI=1S/C24H22N4O3S2/c1-3-31-23(30)20-18(16-10-6-4-7-11-16)14-32-22(20)25-19(29)15-33-24-27-26-21(28(24)2)17-12-8-5-9-13-17/h4-14H,3,15H2,1-2H3,(H,25,29). The highest BCUT2D eigenvalue weighted by Crippen LogP contribution is 2.36. The number of thioether (sulfide) groups is 1. The lowest BCUT2D eigenvalue weighted by Crippen LogP contribution is -2.16. The molecule has 2 heterocycles. The number of carbonyl (C=O) groups is 2. The van der Waals surface area contributed by atoms with Gasteiger partial charge in [-0.1, -0.05) is 72.4 Å². The second kappa shape index (κ2) is 10.5. The van der Waals surface area contributed by atoms with Gasteiger partial charge in [0.2, 0.25) is 5.91 Å². The van der Waals surface area contributed by atoms with Gasteiger partial charge in [-0.15, -0.1) is 21.5 Å². The molecule has 0 saturated carbocycles. The van der Waals surface area contributed by atoms with Gasteiger partial charge in [0.05, 0.1) is 12.4 Å². The third-order valence-electron chi connectivity index (χ3n) is 4.81.